The maximum atomic E-state index is 12.0. The molecule has 0 saturated carbocycles. The van der Waals surface area contributed by atoms with Gasteiger partial charge < -0.3 is 19.9 Å². The van der Waals surface area contributed by atoms with Crippen molar-refractivity contribution >= 4 is 18.4 Å². The van der Waals surface area contributed by atoms with Gasteiger partial charge in [-0.1, -0.05) is 37.3 Å². The second-order valence-corrected chi connectivity index (χ2v) is 7.05. The van der Waals surface area contributed by atoms with Crippen LogP contribution < -0.4 is 15.2 Å². The second-order valence-electron chi connectivity index (χ2n) is 7.05. The predicted molar refractivity (Wildman–Crippen MR) is 118 cm³/mol. The molecule has 0 amide bonds. The van der Waals surface area contributed by atoms with E-state index in [-0.39, 0.29) is 24.4 Å². The summed E-state index contributed by atoms with van der Waals surface area (Å²) in [5, 5.41) is 0. The highest BCUT2D eigenvalue weighted by Gasteiger charge is 2.31. The minimum absolute atomic E-state index is 0. The summed E-state index contributed by atoms with van der Waals surface area (Å²) in [6.07, 6.45) is 0.959. The Hall–Kier alpha value is -2.24. The number of hydrogen-bond donors (Lipinski definition) is 1. The third kappa shape index (κ3) is 7.59. The number of hydrogen-bond acceptors (Lipinski definition) is 5. The average Bonchev–Trinajstić information content (AvgIpc) is 2.71. The van der Waals surface area contributed by atoms with Crippen molar-refractivity contribution in [1.29, 1.82) is 0 Å². The van der Waals surface area contributed by atoms with Gasteiger partial charge in [-0.25, -0.2) is 0 Å². The molecule has 0 aliphatic carbocycles. The molecule has 160 valence electrons. The van der Waals surface area contributed by atoms with E-state index in [9.17, 15) is 4.79 Å². The van der Waals surface area contributed by atoms with E-state index >= 15 is 0 Å². The van der Waals surface area contributed by atoms with Crippen molar-refractivity contribution in [3.8, 4) is 11.5 Å². The zero-order valence-corrected chi connectivity index (χ0v) is 18.4. The molecule has 6 heteroatoms. The van der Waals surface area contributed by atoms with Crippen LogP contribution in [0.1, 0.15) is 32.8 Å². The van der Waals surface area contributed by atoms with Gasteiger partial charge in [0.2, 0.25) is 0 Å². The van der Waals surface area contributed by atoms with Crippen molar-refractivity contribution < 1.29 is 19.0 Å². The fourth-order valence-corrected chi connectivity index (χ4v) is 3.15. The monoisotopic (exact) mass is 421 g/mol. The number of carbonyl (C=O) groups is 1. The summed E-state index contributed by atoms with van der Waals surface area (Å²) < 4.78 is 17.1. The molecule has 0 bridgehead atoms. The van der Waals surface area contributed by atoms with E-state index in [0.29, 0.717) is 0 Å². The van der Waals surface area contributed by atoms with Crippen LogP contribution in [0.2, 0.25) is 0 Å². The van der Waals surface area contributed by atoms with Crippen LogP contribution in [0.3, 0.4) is 0 Å². The molecule has 0 radical (unpaired) electrons. The Morgan fingerprint density at radius 3 is 2.14 bits per heavy atom. The molecule has 2 aromatic carbocycles. The molecular formula is C23H32ClNO4. The summed E-state index contributed by atoms with van der Waals surface area (Å²) in [4.78, 5) is 12.0. The van der Waals surface area contributed by atoms with Gasteiger partial charge in [0.05, 0.1) is 7.11 Å². The van der Waals surface area contributed by atoms with Gasteiger partial charge in [-0.2, -0.15) is 0 Å². The van der Waals surface area contributed by atoms with Gasteiger partial charge in [-0.05, 0) is 56.5 Å². The number of ether oxygens (including phenoxy) is 3. The van der Waals surface area contributed by atoms with E-state index in [1.807, 2.05) is 49.4 Å². The Morgan fingerprint density at radius 2 is 1.62 bits per heavy atom. The van der Waals surface area contributed by atoms with Crippen LogP contribution in [0.15, 0.2) is 54.6 Å². The lowest BCUT2D eigenvalue weighted by Gasteiger charge is -2.32. The first-order chi connectivity index (χ1) is 13.4. The lowest BCUT2D eigenvalue weighted by molar-refractivity contribution is -0.155. The van der Waals surface area contributed by atoms with Crippen molar-refractivity contribution in [2.75, 3.05) is 7.11 Å². The zero-order valence-electron chi connectivity index (χ0n) is 17.5. The highest BCUT2D eigenvalue weighted by Crippen LogP contribution is 2.26. The summed E-state index contributed by atoms with van der Waals surface area (Å²) in [6, 6.07) is 17.0. The summed E-state index contributed by atoms with van der Waals surface area (Å²) in [6.45, 7) is 5.61. The van der Waals surface area contributed by atoms with Crippen LogP contribution in [0.4, 0.5) is 0 Å². The molecule has 2 aromatic rings. The Kier molecular flexibility index (Phi) is 10.6. The number of benzene rings is 2. The molecule has 0 fully saturated rings. The number of rotatable bonds is 10. The predicted octanol–water partition coefficient (Wildman–Crippen LogP) is 4.41. The number of esters is 1. The number of halogens is 1. The molecule has 0 saturated heterocycles. The minimum Gasteiger partial charge on any atom is -0.497 e. The van der Waals surface area contributed by atoms with E-state index in [2.05, 4.69) is 19.1 Å². The average molecular weight is 422 g/mol. The Morgan fingerprint density at radius 1 is 1.00 bits per heavy atom. The molecule has 0 aromatic heterocycles. The first-order valence-corrected chi connectivity index (χ1v) is 9.75. The molecule has 0 spiro atoms. The highest BCUT2D eigenvalue weighted by atomic mass is 35.5. The lowest BCUT2D eigenvalue weighted by atomic mass is 9.89. The molecule has 2 N–H and O–H groups in total. The largest absolute Gasteiger partial charge is 0.497 e. The van der Waals surface area contributed by atoms with E-state index in [1.165, 1.54) is 5.56 Å². The third-order valence-corrected chi connectivity index (χ3v) is 4.80. The molecular weight excluding hydrogens is 390 g/mol. The van der Waals surface area contributed by atoms with Crippen LogP contribution in [-0.2, 0) is 16.0 Å². The number of methoxy groups -OCH3 is 1. The molecule has 0 aliphatic rings. The Bertz CT molecular complexity index is 721. The van der Waals surface area contributed by atoms with Crippen molar-refractivity contribution in [2.45, 2.75) is 51.9 Å². The molecule has 4 atom stereocenters. The second kappa shape index (κ2) is 12.3. The van der Waals surface area contributed by atoms with E-state index in [1.54, 1.807) is 14.0 Å². The standard InChI is InChI=1S/C23H31NO4.ClH/c1-5-19(15-18-11-13-20(26-4)14-12-18)22(17(3)27-23(25)16(2)24)28-21-9-7-6-8-10-21;/h6-14,16-17,19,22H,5,15,24H2,1-4H3;1H/t16-,17-,19+,22-;/m0./s1. The maximum absolute atomic E-state index is 12.0. The summed E-state index contributed by atoms with van der Waals surface area (Å²) in [5.74, 6) is 1.32. The van der Waals surface area contributed by atoms with Crippen molar-refractivity contribution in [1.82, 2.24) is 0 Å². The van der Waals surface area contributed by atoms with Gasteiger partial charge in [-0.15, -0.1) is 12.4 Å². The molecule has 2 rings (SSSR count). The smallest absolute Gasteiger partial charge is 0.323 e. The summed E-state index contributed by atoms with van der Waals surface area (Å²) in [7, 11) is 1.65. The summed E-state index contributed by atoms with van der Waals surface area (Å²) in [5.41, 5.74) is 6.85. The molecule has 0 unspecified atom stereocenters. The van der Waals surface area contributed by atoms with Crippen molar-refractivity contribution in [3.05, 3.63) is 60.2 Å². The van der Waals surface area contributed by atoms with Crippen LogP contribution >= 0.6 is 12.4 Å². The Labute approximate surface area is 179 Å². The summed E-state index contributed by atoms with van der Waals surface area (Å²) >= 11 is 0. The van der Waals surface area contributed by atoms with Gasteiger partial charge in [0.25, 0.3) is 0 Å². The molecule has 5 nitrogen and oxygen atoms in total. The van der Waals surface area contributed by atoms with Crippen LogP contribution in [0.5, 0.6) is 11.5 Å². The Balaban J connectivity index is 0.00000420. The lowest BCUT2D eigenvalue weighted by Crippen LogP contribution is -2.43. The number of nitrogens with two attached hydrogens (primary N) is 1. The van der Waals surface area contributed by atoms with Gasteiger partial charge in [0.1, 0.15) is 29.7 Å². The quantitative estimate of drug-likeness (QED) is 0.575. The topological polar surface area (TPSA) is 70.8 Å². The van der Waals surface area contributed by atoms with Gasteiger partial charge in [0, 0.05) is 5.92 Å². The highest BCUT2D eigenvalue weighted by molar-refractivity contribution is 5.85. The first-order valence-electron chi connectivity index (χ1n) is 9.75. The SMILES string of the molecule is CC[C@H](Cc1ccc(OC)cc1)[C@@H](Oc1ccccc1)[C@H](C)OC(=O)[C@H](C)N.Cl. The first kappa shape index (κ1) is 24.8. The van der Waals surface area contributed by atoms with Gasteiger partial charge in [-0.3, -0.25) is 4.79 Å². The third-order valence-electron chi connectivity index (χ3n) is 4.80. The fraction of sp³-hybridized carbons (Fsp3) is 0.435. The van der Waals surface area contributed by atoms with Crippen LogP contribution in [0.25, 0.3) is 0 Å². The molecule has 29 heavy (non-hydrogen) atoms. The van der Waals surface area contributed by atoms with E-state index in [4.69, 9.17) is 19.9 Å². The van der Waals surface area contributed by atoms with Gasteiger partial charge >= 0.3 is 5.97 Å². The van der Waals surface area contributed by atoms with E-state index in [0.717, 1.165) is 24.3 Å². The normalized spacial score (nSPS) is 14.7. The molecule has 0 heterocycles. The minimum atomic E-state index is -0.665. The van der Waals surface area contributed by atoms with Gasteiger partial charge in [0.15, 0.2) is 0 Å². The van der Waals surface area contributed by atoms with Crippen LogP contribution in [0, 0.1) is 5.92 Å². The van der Waals surface area contributed by atoms with E-state index < -0.39 is 18.1 Å². The van der Waals surface area contributed by atoms with Crippen molar-refractivity contribution in [3.63, 3.8) is 0 Å². The number of carbonyl (C=O) groups excluding carboxylic acids is 1. The van der Waals surface area contributed by atoms with Crippen LogP contribution in [-0.4, -0.2) is 31.3 Å². The molecule has 0 aliphatic heterocycles. The zero-order chi connectivity index (χ0) is 20.5. The fourth-order valence-electron chi connectivity index (χ4n) is 3.15. The van der Waals surface area contributed by atoms with Crippen molar-refractivity contribution in [2.24, 2.45) is 11.7 Å². The maximum Gasteiger partial charge on any atom is 0.323 e. The number of para-hydroxylation sites is 1.